The lowest BCUT2D eigenvalue weighted by atomic mass is 9.79. The minimum Gasteiger partial charge on any atom is -0.316 e. The summed E-state index contributed by atoms with van der Waals surface area (Å²) in [5.41, 5.74) is 1.51. The summed E-state index contributed by atoms with van der Waals surface area (Å²) in [6, 6.07) is 0. The van der Waals surface area contributed by atoms with E-state index in [1.807, 2.05) is 0 Å². The maximum Gasteiger partial charge on any atom is 0.00343 e. The van der Waals surface area contributed by atoms with E-state index in [-0.39, 0.29) is 0 Å². The van der Waals surface area contributed by atoms with Gasteiger partial charge in [-0.25, -0.2) is 0 Å². The van der Waals surface area contributed by atoms with E-state index in [9.17, 15) is 0 Å². The minimum absolute atomic E-state index is 0.753. The van der Waals surface area contributed by atoms with Gasteiger partial charge in [-0.15, -0.1) is 0 Å². The smallest absolute Gasteiger partial charge is 0.00343 e. The van der Waals surface area contributed by atoms with Gasteiger partial charge in [-0.2, -0.15) is 0 Å². The van der Waals surface area contributed by atoms with Crippen LogP contribution in [0.1, 0.15) is 64.7 Å². The highest BCUT2D eigenvalue weighted by atomic mass is 15.2. The molecule has 6 aliphatic rings. The summed E-state index contributed by atoms with van der Waals surface area (Å²) in [6.07, 6.45) is 13.5. The first-order chi connectivity index (χ1) is 15.1. The number of hydrogen-bond donors (Lipinski definition) is 1. The summed E-state index contributed by atoms with van der Waals surface area (Å²) in [6.45, 7) is 17.5. The zero-order chi connectivity index (χ0) is 20.9. The maximum atomic E-state index is 3.43. The maximum absolute atomic E-state index is 3.43. The van der Waals surface area contributed by atoms with Crippen LogP contribution in [0.3, 0.4) is 0 Å². The number of nitrogens with one attached hydrogen (secondary N) is 1. The topological polar surface area (TPSA) is 21.8 Å². The highest BCUT2D eigenvalue weighted by Crippen LogP contribution is 2.58. The summed E-state index contributed by atoms with van der Waals surface area (Å²) in [5, 5.41) is 3.43. The van der Waals surface area contributed by atoms with Crippen molar-refractivity contribution in [1.29, 1.82) is 0 Å². The predicted molar refractivity (Wildman–Crippen MR) is 128 cm³/mol. The molecule has 4 heteroatoms. The Morgan fingerprint density at radius 2 is 1.29 bits per heavy atom. The number of rotatable bonds is 9. The molecule has 6 rings (SSSR count). The molecule has 0 bridgehead atoms. The van der Waals surface area contributed by atoms with E-state index in [0.717, 1.165) is 34.5 Å². The van der Waals surface area contributed by atoms with E-state index in [1.165, 1.54) is 130 Å². The van der Waals surface area contributed by atoms with Gasteiger partial charge in [0.2, 0.25) is 0 Å². The normalized spacial score (nSPS) is 33.2. The van der Waals surface area contributed by atoms with Crippen molar-refractivity contribution >= 4 is 0 Å². The Balaban J connectivity index is 0.862. The first kappa shape index (κ1) is 21.4. The third kappa shape index (κ3) is 4.74. The highest BCUT2D eigenvalue weighted by molar-refractivity contribution is 5.01. The first-order valence-corrected chi connectivity index (χ1v) is 14.0. The van der Waals surface area contributed by atoms with Crippen LogP contribution in [0, 0.1) is 34.5 Å². The third-order valence-electron chi connectivity index (χ3n) is 10.8. The quantitative estimate of drug-likeness (QED) is 0.606. The summed E-state index contributed by atoms with van der Waals surface area (Å²) >= 11 is 0. The SMILES string of the molecule is CC1(C2CCN(CC3CN(CCC4(C5CCN(CC6CNC6)CC5)CC4)C3)CC2)CC1. The van der Waals surface area contributed by atoms with Gasteiger partial charge < -0.3 is 20.0 Å². The Morgan fingerprint density at radius 3 is 1.81 bits per heavy atom. The average molecular weight is 429 g/mol. The molecule has 0 unspecified atom stereocenters. The monoisotopic (exact) mass is 428 g/mol. The zero-order valence-electron chi connectivity index (χ0n) is 20.3. The lowest BCUT2D eigenvalue weighted by Gasteiger charge is -2.45. The Morgan fingerprint density at radius 1 is 0.710 bits per heavy atom. The lowest BCUT2D eigenvalue weighted by molar-refractivity contribution is 0.0380. The number of piperidine rings is 2. The van der Waals surface area contributed by atoms with Crippen LogP contribution >= 0.6 is 0 Å². The molecule has 0 aromatic carbocycles. The molecule has 0 aromatic heterocycles. The van der Waals surface area contributed by atoms with Crippen LogP contribution in [-0.4, -0.2) is 86.7 Å². The van der Waals surface area contributed by atoms with Crippen LogP contribution in [0.25, 0.3) is 0 Å². The first-order valence-electron chi connectivity index (χ1n) is 14.0. The molecule has 0 amide bonds. The van der Waals surface area contributed by atoms with Crippen LogP contribution in [0.4, 0.5) is 0 Å². The van der Waals surface area contributed by atoms with Crippen LogP contribution in [0.5, 0.6) is 0 Å². The van der Waals surface area contributed by atoms with Crippen LogP contribution in [-0.2, 0) is 0 Å². The molecule has 1 N–H and O–H groups in total. The molecule has 4 nitrogen and oxygen atoms in total. The summed E-state index contributed by atoms with van der Waals surface area (Å²) in [4.78, 5) is 8.37. The van der Waals surface area contributed by atoms with E-state index >= 15 is 0 Å². The van der Waals surface area contributed by atoms with Gasteiger partial charge in [0.05, 0.1) is 0 Å². The van der Waals surface area contributed by atoms with Crippen molar-refractivity contribution in [3.63, 3.8) is 0 Å². The standard InChI is InChI=1S/C27H48N4/c1-26(6-7-26)24-2-11-30(12-3-24)19-23-20-31(21-23)15-10-27(8-9-27)25-4-13-29(14-5-25)18-22-16-28-17-22/h22-25,28H,2-21H2,1H3. The lowest BCUT2D eigenvalue weighted by Crippen LogP contribution is -2.53. The van der Waals surface area contributed by atoms with Crippen molar-refractivity contribution in [3.8, 4) is 0 Å². The molecule has 4 heterocycles. The molecule has 0 atom stereocenters. The molecule has 31 heavy (non-hydrogen) atoms. The van der Waals surface area contributed by atoms with Crippen molar-refractivity contribution in [3.05, 3.63) is 0 Å². The number of nitrogens with zero attached hydrogens (tertiary/aromatic N) is 3. The molecule has 0 aromatic rings. The van der Waals surface area contributed by atoms with Gasteiger partial charge in [-0.1, -0.05) is 6.92 Å². The summed E-state index contributed by atoms with van der Waals surface area (Å²) in [5.74, 6) is 3.99. The van der Waals surface area contributed by atoms with Crippen molar-refractivity contribution in [2.45, 2.75) is 64.7 Å². The fraction of sp³-hybridized carbons (Fsp3) is 1.00. The van der Waals surface area contributed by atoms with Crippen LogP contribution in [0.2, 0.25) is 0 Å². The Hall–Kier alpha value is -0.160. The van der Waals surface area contributed by atoms with Crippen LogP contribution in [0.15, 0.2) is 0 Å². The van der Waals surface area contributed by atoms with E-state index in [0.29, 0.717) is 0 Å². The molecule has 2 saturated carbocycles. The van der Waals surface area contributed by atoms with Gasteiger partial charge in [-0.05, 0) is 125 Å². The molecule has 4 aliphatic heterocycles. The molecule has 0 radical (unpaired) electrons. The zero-order valence-corrected chi connectivity index (χ0v) is 20.3. The number of hydrogen-bond acceptors (Lipinski definition) is 4. The van der Waals surface area contributed by atoms with Gasteiger partial charge in [0.15, 0.2) is 0 Å². The largest absolute Gasteiger partial charge is 0.316 e. The third-order valence-corrected chi connectivity index (χ3v) is 10.8. The van der Waals surface area contributed by atoms with Crippen molar-refractivity contribution in [1.82, 2.24) is 20.0 Å². The Kier molecular flexibility index (Phi) is 5.90. The van der Waals surface area contributed by atoms with E-state index in [1.54, 1.807) is 0 Å². The van der Waals surface area contributed by atoms with Gasteiger partial charge in [0, 0.05) is 39.3 Å². The van der Waals surface area contributed by atoms with Crippen molar-refractivity contribution in [2.75, 3.05) is 72.0 Å². The molecule has 176 valence electrons. The van der Waals surface area contributed by atoms with E-state index < -0.39 is 0 Å². The Bertz CT molecular complexity index is 601. The molecule has 6 fully saturated rings. The van der Waals surface area contributed by atoms with Gasteiger partial charge >= 0.3 is 0 Å². The fourth-order valence-corrected chi connectivity index (χ4v) is 7.73. The molecular weight excluding hydrogens is 380 g/mol. The predicted octanol–water partition coefficient (Wildman–Crippen LogP) is 3.53. The van der Waals surface area contributed by atoms with Crippen molar-refractivity contribution in [2.24, 2.45) is 34.5 Å². The molecule has 4 saturated heterocycles. The van der Waals surface area contributed by atoms with Crippen molar-refractivity contribution < 1.29 is 0 Å². The number of likely N-dealkylation sites (tertiary alicyclic amines) is 3. The van der Waals surface area contributed by atoms with Gasteiger partial charge in [0.25, 0.3) is 0 Å². The second kappa shape index (κ2) is 8.56. The molecular formula is C27H48N4. The van der Waals surface area contributed by atoms with E-state index in [2.05, 4.69) is 26.9 Å². The Labute approximate surface area is 191 Å². The van der Waals surface area contributed by atoms with Gasteiger partial charge in [0.1, 0.15) is 0 Å². The van der Waals surface area contributed by atoms with Gasteiger partial charge in [-0.3, -0.25) is 0 Å². The summed E-state index contributed by atoms with van der Waals surface area (Å²) < 4.78 is 0. The molecule has 0 spiro atoms. The summed E-state index contributed by atoms with van der Waals surface area (Å²) in [7, 11) is 0. The van der Waals surface area contributed by atoms with E-state index in [4.69, 9.17) is 0 Å². The highest BCUT2D eigenvalue weighted by Gasteiger charge is 2.50. The minimum atomic E-state index is 0.753. The fourth-order valence-electron chi connectivity index (χ4n) is 7.73. The second-order valence-corrected chi connectivity index (χ2v) is 13.1. The molecule has 2 aliphatic carbocycles. The average Bonchev–Trinajstić information content (AvgIpc) is 3.65. The van der Waals surface area contributed by atoms with Crippen LogP contribution < -0.4 is 5.32 Å². The second-order valence-electron chi connectivity index (χ2n) is 13.1.